The molecule has 83 valence electrons. The Morgan fingerprint density at radius 3 is 2.81 bits per heavy atom. The molecule has 1 fully saturated rings. The van der Waals surface area contributed by atoms with E-state index in [0.717, 1.165) is 36.6 Å². The highest BCUT2D eigenvalue weighted by molar-refractivity contribution is 5.80. The molecule has 2 aromatic rings. The van der Waals surface area contributed by atoms with E-state index in [9.17, 15) is 5.11 Å². The lowest BCUT2D eigenvalue weighted by Crippen LogP contribution is -2.34. The summed E-state index contributed by atoms with van der Waals surface area (Å²) in [6.07, 6.45) is 7.23. The van der Waals surface area contributed by atoms with Crippen LogP contribution in [0.15, 0.2) is 30.5 Å². The van der Waals surface area contributed by atoms with Gasteiger partial charge < -0.3 is 9.67 Å². The molecule has 0 spiro atoms. The third-order valence-corrected chi connectivity index (χ3v) is 3.64. The molecule has 1 heterocycles. The highest BCUT2D eigenvalue weighted by Crippen LogP contribution is 2.35. The standard InChI is InChI=1S/C14H16NO/c16-14(9-4-1-5-10-14)15-11-8-12-6-2-3-7-13(12)15/h3,6-8,11,16H,1,4-5,9-10H2. The van der Waals surface area contributed by atoms with Crippen molar-refractivity contribution in [1.82, 2.24) is 4.57 Å². The molecule has 1 aromatic heterocycles. The Balaban J connectivity index is 2.11. The van der Waals surface area contributed by atoms with E-state index in [0.29, 0.717) is 0 Å². The number of fused-ring (bicyclic) bond motifs is 1. The van der Waals surface area contributed by atoms with Crippen LogP contribution in [0.25, 0.3) is 10.9 Å². The summed E-state index contributed by atoms with van der Waals surface area (Å²) in [4.78, 5) is 0. The zero-order chi connectivity index (χ0) is 11.0. The lowest BCUT2D eigenvalue weighted by Gasteiger charge is -2.34. The van der Waals surface area contributed by atoms with Crippen LogP contribution in [0.1, 0.15) is 32.1 Å². The van der Waals surface area contributed by atoms with Crippen LogP contribution in [0.5, 0.6) is 0 Å². The number of hydrogen-bond acceptors (Lipinski definition) is 1. The molecule has 1 saturated carbocycles. The second kappa shape index (κ2) is 3.63. The molecule has 1 aliphatic carbocycles. The van der Waals surface area contributed by atoms with Crippen LogP contribution >= 0.6 is 0 Å². The topological polar surface area (TPSA) is 25.2 Å². The summed E-state index contributed by atoms with van der Waals surface area (Å²) in [5, 5.41) is 11.8. The Morgan fingerprint density at radius 2 is 2.00 bits per heavy atom. The van der Waals surface area contributed by atoms with Gasteiger partial charge >= 0.3 is 0 Å². The third kappa shape index (κ3) is 1.45. The lowest BCUT2D eigenvalue weighted by molar-refractivity contribution is -0.0656. The molecular weight excluding hydrogens is 198 g/mol. The zero-order valence-corrected chi connectivity index (χ0v) is 9.32. The highest BCUT2D eigenvalue weighted by atomic mass is 16.3. The molecule has 1 radical (unpaired) electrons. The van der Waals surface area contributed by atoms with Crippen molar-refractivity contribution in [2.24, 2.45) is 0 Å². The van der Waals surface area contributed by atoms with Crippen molar-refractivity contribution in [3.63, 3.8) is 0 Å². The quantitative estimate of drug-likeness (QED) is 0.775. The van der Waals surface area contributed by atoms with Crippen LogP contribution in [0, 0.1) is 6.07 Å². The van der Waals surface area contributed by atoms with Crippen molar-refractivity contribution in [2.75, 3.05) is 0 Å². The number of aromatic nitrogens is 1. The summed E-state index contributed by atoms with van der Waals surface area (Å²) in [5.74, 6) is 0. The molecule has 1 aromatic carbocycles. The van der Waals surface area contributed by atoms with Crippen molar-refractivity contribution in [3.05, 3.63) is 36.5 Å². The average molecular weight is 214 g/mol. The predicted molar refractivity (Wildman–Crippen MR) is 64.1 cm³/mol. The molecule has 2 nitrogen and oxygen atoms in total. The molecule has 3 rings (SSSR count). The summed E-state index contributed by atoms with van der Waals surface area (Å²) in [6.45, 7) is 0. The maximum absolute atomic E-state index is 10.7. The molecule has 0 atom stereocenters. The lowest BCUT2D eigenvalue weighted by atomic mass is 9.91. The average Bonchev–Trinajstić information content (AvgIpc) is 2.74. The Morgan fingerprint density at radius 1 is 1.19 bits per heavy atom. The summed E-state index contributed by atoms with van der Waals surface area (Å²) in [6, 6.07) is 11.0. The van der Waals surface area contributed by atoms with Gasteiger partial charge in [0.1, 0.15) is 5.72 Å². The molecule has 1 aliphatic rings. The normalized spacial score (nSPS) is 20.1. The Hall–Kier alpha value is -1.28. The number of hydrogen-bond donors (Lipinski definition) is 1. The van der Waals surface area contributed by atoms with E-state index < -0.39 is 5.72 Å². The zero-order valence-electron chi connectivity index (χ0n) is 9.32. The maximum atomic E-state index is 10.7. The number of nitrogens with zero attached hydrogens (tertiary/aromatic N) is 1. The number of rotatable bonds is 1. The van der Waals surface area contributed by atoms with Crippen LogP contribution in [-0.2, 0) is 5.72 Å². The van der Waals surface area contributed by atoms with Gasteiger partial charge in [-0.3, -0.25) is 0 Å². The van der Waals surface area contributed by atoms with Gasteiger partial charge in [-0.25, -0.2) is 0 Å². The summed E-state index contributed by atoms with van der Waals surface area (Å²) < 4.78 is 2.04. The van der Waals surface area contributed by atoms with E-state index in [1.807, 2.05) is 29.0 Å². The Labute approximate surface area is 95.5 Å². The van der Waals surface area contributed by atoms with Gasteiger partial charge in [0.2, 0.25) is 0 Å². The Kier molecular flexibility index (Phi) is 2.25. The van der Waals surface area contributed by atoms with E-state index in [1.54, 1.807) is 0 Å². The predicted octanol–water partition coefficient (Wildman–Crippen LogP) is 3.05. The molecule has 2 heteroatoms. The van der Waals surface area contributed by atoms with Crippen molar-refractivity contribution < 1.29 is 5.11 Å². The maximum Gasteiger partial charge on any atom is 0.141 e. The molecule has 16 heavy (non-hydrogen) atoms. The van der Waals surface area contributed by atoms with Crippen LogP contribution in [0.3, 0.4) is 0 Å². The molecule has 0 aliphatic heterocycles. The third-order valence-electron chi connectivity index (χ3n) is 3.64. The minimum Gasteiger partial charge on any atom is -0.371 e. The summed E-state index contributed by atoms with van der Waals surface area (Å²) in [5.41, 5.74) is 0.449. The van der Waals surface area contributed by atoms with Crippen molar-refractivity contribution in [3.8, 4) is 0 Å². The fraction of sp³-hybridized carbons (Fsp3) is 0.429. The first-order valence-corrected chi connectivity index (χ1v) is 6.00. The first-order chi connectivity index (χ1) is 7.80. The second-order valence-electron chi connectivity index (χ2n) is 4.71. The Bertz CT molecular complexity index is 494. The van der Waals surface area contributed by atoms with Crippen LogP contribution in [0.4, 0.5) is 0 Å². The molecule has 0 unspecified atom stereocenters. The van der Waals surface area contributed by atoms with Crippen LogP contribution in [-0.4, -0.2) is 9.67 Å². The van der Waals surface area contributed by atoms with Gasteiger partial charge in [0, 0.05) is 11.6 Å². The van der Waals surface area contributed by atoms with E-state index in [-0.39, 0.29) is 0 Å². The summed E-state index contributed by atoms with van der Waals surface area (Å²) in [7, 11) is 0. The molecule has 0 bridgehead atoms. The van der Waals surface area contributed by atoms with E-state index >= 15 is 0 Å². The van der Waals surface area contributed by atoms with Gasteiger partial charge in [0.05, 0.1) is 5.52 Å². The van der Waals surface area contributed by atoms with E-state index in [2.05, 4.69) is 12.1 Å². The molecule has 0 amide bonds. The smallest absolute Gasteiger partial charge is 0.141 e. The number of aliphatic hydroxyl groups is 1. The van der Waals surface area contributed by atoms with Gasteiger partial charge in [-0.2, -0.15) is 0 Å². The van der Waals surface area contributed by atoms with E-state index in [1.165, 1.54) is 6.42 Å². The van der Waals surface area contributed by atoms with Gasteiger partial charge in [-0.05, 0) is 49.9 Å². The number of benzene rings is 1. The van der Waals surface area contributed by atoms with Crippen molar-refractivity contribution >= 4 is 10.9 Å². The fourth-order valence-electron chi connectivity index (χ4n) is 2.74. The fourth-order valence-corrected chi connectivity index (χ4v) is 2.74. The van der Waals surface area contributed by atoms with Gasteiger partial charge in [-0.1, -0.05) is 12.5 Å². The highest BCUT2D eigenvalue weighted by Gasteiger charge is 2.31. The first kappa shape index (κ1) is 9.91. The second-order valence-corrected chi connectivity index (χ2v) is 4.71. The molecular formula is C14H16NO. The first-order valence-electron chi connectivity index (χ1n) is 6.00. The molecule has 1 N–H and O–H groups in total. The van der Waals surface area contributed by atoms with Crippen LogP contribution < -0.4 is 0 Å². The van der Waals surface area contributed by atoms with Crippen LogP contribution in [0.2, 0.25) is 0 Å². The minimum absolute atomic E-state index is 0.665. The van der Waals surface area contributed by atoms with Gasteiger partial charge in [0.15, 0.2) is 0 Å². The van der Waals surface area contributed by atoms with Crippen molar-refractivity contribution in [1.29, 1.82) is 0 Å². The minimum atomic E-state index is -0.665. The van der Waals surface area contributed by atoms with E-state index in [4.69, 9.17) is 0 Å². The SMILES string of the molecule is OC1(n2ccc3c[c]ccc32)CCCCC1. The monoisotopic (exact) mass is 214 g/mol. The largest absolute Gasteiger partial charge is 0.371 e. The van der Waals surface area contributed by atoms with Crippen molar-refractivity contribution in [2.45, 2.75) is 37.8 Å². The molecule has 0 saturated heterocycles. The van der Waals surface area contributed by atoms with Gasteiger partial charge in [0.25, 0.3) is 0 Å². The van der Waals surface area contributed by atoms with Gasteiger partial charge in [-0.15, -0.1) is 0 Å². The summed E-state index contributed by atoms with van der Waals surface area (Å²) >= 11 is 0.